The number of esters is 1. The van der Waals surface area contributed by atoms with Crippen LogP contribution in [0.2, 0.25) is 0 Å². The standard InChI is InChI=1S/C29H31FN2O3/c1-4-6-23-17-20(5-2)18-26(28(23)35-16-15-21-7-11-24(30)12-8-21)27(29(33)34-3)32-25-13-9-22(19-31)10-14-25/h7-14,17-18,27,32H,4-6,15-16H2,1-3H3. The van der Waals surface area contributed by atoms with Gasteiger partial charge in [0.15, 0.2) is 6.04 Å². The number of nitrogens with one attached hydrogen (secondary N) is 1. The highest BCUT2D eigenvalue weighted by Crippen LogP contribution is 2.35. The van der Waals surface area contributed by atoms with Crippen molar-refractivity contribution in [3.63, 3.8) is 0 Å². The number of benzene rings is 3. The normalized spacial score (nSPS) is 11.4. The van der Waals surface area contributed by atoms with E-state index in [-0.39, 0.29) is 5.82 Å². The molecule has 3 aromatic carbocycles. The fourth-order valence-electron chi connectivity index (χ4n) is 3.94. The largest absolute Gasteiger partial charge is 0.493 e. The molecule has 6 heteroatoms. The van der Waals surface area contributed by atoms with E-state index in [4.69, 9.17) is 14.7 Å². The van der Waals surface area contributed by atoms with Crippen molar-refractivity contribution in [3.8, 4) is 11.8 Å². The Balaban J connectivity index is 1.98. The van der Waals surface area contributed by atoms with Crippen LogP contribution in [0.3, 0.4) is 0 Å². The summed E-state index contributed by atoms with van der Waals surface area (Å²) in [5, 5.41) is 12.4. The summed E-state index contributed by atoms with van der Waals surface area (Å²) in [6.45, 7) is 4.56. The van der Waals surface area contributed by atoms with E-state index in [9.17, 15) is 9.18 Å². The molecule has 0 bridgehead atoms. The average molecular weight is 475 g/mol. The van der Waals surface area contributed by atoms with Crippen molar-refractivity contribution in [2.45, 2.75) is 45.6 Å². The minimum absolute atomic E-state index is 0.271. The minimum atomic E-state index is -0.795. The molecule has 0 fully saturated rings. The maximum Gasteiger partial charge on any atom is 0.333 e. The van der Waals surface area contributed by atoms with Gasteiger partial charge in [-0.2, -0.15) is 5.26 Å². The van der Waals surface area contributed by atoms with Gasteiger partial charge in [0.05, 0.1) is 25.3 Å². The van der Waals surface area contributed by atoms with E-state index in [1.807, 2.05) is 6.07 Å². The Morgan fingerprint density at radius 2 is 1.74 bits per heavy atom. The summed E-state index contributed by atoms with van der Waals surface area (Å²) in [6, 6.07) is 18.7. The lowest BCUT2D eigenvalue weighted by Gasteiger charge is -2.24. The molecule has 3 aromatic rings. The highest BCUT2D eigenvalue weighted by Gasteiger charge is 2.27. The topological polar surface area (TPSA) is 71.4 Å². The summed E-state index contributed by atoms with van der Waals surface area (Å²) in [4.78, 5) is 13.0. The number of aryl methyl sites for hydroxylation is 2. The zero-order valence-electron chi connectivity index (χ0n) is 20.4. The Kier molecular flexibility index (Phi) is 9.25. The number of methoxy groups -OCH3 is 1. The van der Waals surface area contributed by atoms with Crippen molar-refractivity contribution in [3.05, 3.63) is 94.3 Å². The van der Waals surface area contributed by atoms with Crippen LogP contribution in [0, 0.1) is 17.1 Å². The molecule has 0 amide bonds. The van der Waals surface area contributed by atoms with Crippen molar-refractivity contribution < 1.29 is 18.7 Å². The summed E-state index contributed by atoms with van der Waals surface area (Å²) in [6.07, 6.45) is 3.14. The van der Waals surface area contributed by atoms with Crippen LogP contribution in [-0.2, 0) is 28.8 Å². The van der Waals surface area contributed by atoms with Crippen LogP contribution in [0.4, 0.5) is 10.1 Å². The number of ether oxygens (including phenoxy) is 2. The molecule has 182 valence electrons. The smallest absolute Gasteiger partial charge is 0.333 e. The lowest BCUT2D eigenvalue weighted by atomic mass is 9.95. The van der Waals surface area contributed by atoms with Gasteiger partial charge in [-0.3, -0.25) is 0 Å². The molecule has 0 heterocycles. The summed E-state index contributed by atoms with van der Waals surface area (Å²) in [7, 11) is 1.36. The number of hydrogen-bond acceptors (Lipinski definition) is 5. The van der Waals surface area contributed by atoms with Gasteiger partial charge in [0.25, 0.3) is 0 Å². The minimum Gasteiger partial charge on any atom is -0.493 e. The number of carbonyl (C=O) groups excluding carboxylic acids is 1. The van der Waals surface area contributed by atoms with Crippen LogP contribution in [0.1, 0.15) is 54.1 Å². The van der Waals surface area contributed by atoms with Crippen molar-refractivity contribution in [2.75, 3.05) is 19.0 Å². The van der Waals surface area contributed by atoms with Crippen LogP contribution in [0.25, 0.3) is 0 Å². The fraction of sp³-hybridized carbons (Fsp3) is 0.310. The molecule has 1 atom stereocenters. The maximum atomic E-state index is 13.3. The van der Waals surface area contributed by atoms with E-state index < -0.39 is 12.0 Å². The molecule has 0 saturated heterocycles. The van der Waals surface area contributed by atoms with Crippen molar-refractivity contribution in [1.29, 1.82) is 5.26 Å². The summed E-state index contributed by atoms with van der Waals surface area (Å²) < 4.78 is 24.7. The van der Waals surface area contributed by atoms with Crippen LogP contribution in [0.15, 0.2) is 60.7 Å². The number of hydrogen-bond donors (Lipinski definition) is 1. The molecule has 0 aromatic heterocycles. The van der Waals surface area contributed by atoms with Crippen LogP contribution in [-0.4, -0.2) is 19.7 Å². The average Bonchev–Trinajstić information content (AvgIpc) is 2.89. The second kappa shape index (κ2) is 12.6. The Morgan fingerprint density at radius 3 is 2.34 bits per heavy atom. The Bertz CT molecular complexity index is 1170. The van der Waals surface area contributed by atoms with Gasteiger partial charge in [-0.15, -0.1) is 0 Å². The highest BCUT2D eigenvalue weighted by molar-refractivity contribution is 5.82. The summed E-state index contributed by atoms with van der Waals surface area (Å²) in [5.41, 5.74) is 5.05. The summed E-state index contributed by atoms with van der Waals surface area (Å²) >= 11 is 0. The number of halogens is 1. The van der Waals surface area contributed by atoms with Gasteiger partial charge < -0.3 is 14.8 Å². The quantitative estimate of drug-likeness (QED) is 0.337. The fourth-order valence-corrected chi connectivity index (χ4v) is 3.94. The predicted octanol–water partition coefficient (Wildman–Crippen LogP) is 6.16. The molecular formula is C29H31FN2O3. The number of rotatable bonds is 11. The van der Waals surface area contributed by atoms with Crippen molar-refractivity contribution in [1.82, 2.24) is 0 Å². The second-order valence-electron chi connectivity index (χ2n) is 8.29. The van der Waals surface area contributed by atoms with E-state index in [0.717, 1.165) is 36.0 Å². The Hall–Kier alpha value is -3.85. The summed E-state index contributed by atoms with van der Waals surface area (Å²) in [5.74, 6) is -0.0386. The van der Waals surface area contributed by atoms with Gasteiger partial charge in [0.2, 0.25) is 0 Å². The third-order valence-electron chi connectivity index (χ3n) is 5.81. The second-order valence-corrected chi connectivity index (χ2v) is 8.29. The first-order chi connectivity index (χ1) is 17.0. The molecule has 1 N–H and O–H groups in total. The molecule has 5 nitrogen and oxygen atoms in total. The Morgan fingerprint density at radius 1 is 1.03 bits per heavy atom. The molecule has 0 saturated carbocycles. The third kappa shape index (κ3) is 6.83. The van der Waals surface area contributed by atoms with Gasteiger partial charge in [0, 0.05) is 17.7 Å². The van der Waals surface area contributed by atoms with E-state index in [1.165, 1.54) is 19.2 Å². The first-order valence-electron chi connectivity index (χ1n) is 11.9. The molecule has 3 rings (SSSR count). The van der Waals surface area contributed by atoms with Crippen LogP contribution < -0.4 is 10.1 Å². The van der Waals surface area contributed by atoms with E-state index in [1.54, 1.807) is 36.4 Å². The number of nitriles is 1. The number of anilines is 1. The maximum absolute atomic E-state index is 13.3. The SMILES string of the molecule is CCCc1cc(CC)cc(C(Nc2ccc(C#N)cc2)C(=O)OC)c1OCCc1ccc(F)cc1. The van der Waals surface area contributed by atoms with Crippen molar-refractivity contribution >= 4 is 11.7 Å². The van der Waals surface area contributed by atoms with E-state index in [2.05, 4.69) is 31.3 Å². The molecule has 0 aliphatic rings. The van der Waals surface area contributed by atoms with E-state index in [0.29, 0.717) is 35.6 Å². The molecule has 1 unspecified atom stereocenters. The molecule has 0 aliphatic heterocycles. The van der Waals surface area contributed by atoms with E-state index >= 15 is 0 Å². The van der Waals surface area contributed by atoms with Crippen molar-refractivity contribution in [2.24, 2.45) is 0 Å². The molecule has 0 radical (unpaired) electrons. The zero-order chi connectivity index (χ0) is 25.2. The predicted molar refractivity (Wildman–Crippen MR) is 135 cm³/mol. The zero-order valence-corrected chi connectivity index (χ0v) is 20.4. The number of carbonyl (C=O) groups is 1. The van der Waals surface area contributed by atoms with Gasteiger partial charge in [-0.1, -0.05) is 38.5 Å². The lowest BCUT2D eigenvalue weighted by molar-refractivity contribution is -0.141. The molecule has 0 aliphatic carbocycles. The monoisotopic (exact) mass is 474 g/mol. The first-order valence-corrected chi connectivity index (χ1v) is 11.9. The van der Waals surface area contributed by atoms with Gasteiger partial charge in [0.1, 0.15) is 11.6 Å². The van der Waals surface area contributed by atoms with Gasteiger partial charge in [-0.05, 0) is 72.0 Å². The molecular weight excluding hydrogens is 443 g/mol. The Labute approximate surface area is 206 Å². The highest BCUT2D eigenvalue weighted by atomic mass is 19.1. The lowest BCUT2D eigenvalue weighted by Crippen LogP contribution is -2.24. The molecule has 0 spiro atoms. The molecule has 35 heavy (non-hydrogen) atoms. The van der Waals surface area contributed by atoms with Gasteiger partial charge >= 0.3 is 5.97 Å². The first kappa shape index (κ1) is 25.8. The van der Waals surface area contributed by atoms with Crippen LogP contribution >= 0.6 is 0 Å². The van der Waals surface area contributed by atoms with Gasteiger partial charge in [-0.25, -0.2) is 9.18 Å². The van der Waals surface area contributed by atoms with Crippen LogP contribution in [0.5, 0.6) is 5.75 Å². The number of nitrogens with zero attached hydrogens (tertiary/aromatic N) is 1. The third-order valence-corrected chi connectivity index (χ3v) is 5.81.